The average Bonchev–Trinajstić information content (AvgIpc) is 2.47. The third-order valence-corrected chi connectivity index (χ3v) is 3.10. The van der Waals surface area contributed by atoms with Gasteiger partial charge in [0.2, 0.25) is 5.91 Å². The van der Waals surface area contributed by atoms with E-state index in [1.54, 1.807) is 12.4 Å². The van der Waals surface area contributed by atoms with E-state index < -0.39 is 0 Å². The number of rotatable bonds is 5. The fraction of sp³-hybridized carbons (Fsp3) is 0.250. The van der Waals surface area contributed by atoms with E-state index in [0.29, 0.717) is 6.54 Å². The summed E-state index contributed by atoms with van der Waals surface area (Å²) in [5.74, 6) is -0.00184. The maximum Gasteiger partial charge on any atom is 0.242 e. The molecule has 20 heavy (non-hydrogen) atoms. The monoisotopic (exact) mass is 269 g/mol. The zero-order chi connectivity index (χ0) is 14.4. The molecule has 1 heterocycles. The van der Waals surface area contributed by atoms with Gasteiger partial charge in [-0.05, 0) is 37.4 Å². The Morgan fingerprint density at radius 2 is 1.80 bits per heavy atom. The average molecular weight is 269 g/mol. The van der Waals surface area contributed by atoms with E-state index in [-0.39, 0.29) is 11.9 Å². The first-order valence-corrected chi connectivity index (χ1v) is 6.56. The molecule has 2 aromatic rings. The van der Waals surface area contributed by atoms with Crippen LogP contribution in [0.15, 0.2) is 54.9 Å². The number of carbonyl (C=O) groups is 1. The number of benzene rings is 1. The molecule has 1 unspecified atom stereocenters. The first kappa shape index (κ1) is 14.2. The Labute approximate surface area is 119 Å². The summed E-state index contributed by atoms with van der Waals surface area (Å²) in [5.41, 5.74) is 2.03. The van der Waals surface area contributed by atoms with Crippen LogP contribution in [0.2, 0.25) is 0 Å². The van der Waals surface area contributed by atoms with Crippen molar-refractivity contribution in [3.63, 3.8) is 0 Å². The van der Waals surface area contributed by atoms with E-state index in [1.165, 1.54) is 0 Å². The van der Waals surface area contributed by atoms with E-state index in [4.69, 9.17) is 0 Å². The molecule has 0 radical (unpaired) electrons. The standard InChI is InChI=1S/C16H19N3O/c1-19(2)15(14-6-4-3-5-7-14)16(20)18-12-13-8-10-17-11-9-13/h3-11,15H,12H2,1-2H3,(H,18,20). The van der Waals surface area contributed by atoms with Crippen molar-refractivity contribution < 1.29 is 4.79 Å². The Morgan fingerprint density at radius 3 is 2.40 bits per heavy atom. The number of nitrogens with zero attached hydrogens (tertiary/aromatic N) is 2. The lowest BCUT2D eigenvalue weighted by Crippen LogP contribution is -2.36. The minimum atomic E-state index is -0.280. The largest absolute Gasteiger partial charge is 0.350 e. The molecule has 4 heteroatoms. The highest BCUT2D eigenvalue weighted by molar-refractivity contribution is 5.83. The summed E-state index contributed by atoms with van der Waals surface area (Å²) in [6.07, 6.45) is 3.45. The van der Waals surface area contributed by atoms with Crippen LogP contribution in [0.25, 0.3) is 0 Å². The van der Waals surface area contributed by atoms with Gasteiger partial charge in [-0.1, -0.05) is 30.3 Å². The predicted octanol–water partition coefficient (Wildman–Crippen LogP) is 2.00. The molecule has 0 saturated heterocycles. The van der Waals surface area contributed by atoms with Gasteiger partial charge in [-0.25, -0.2) is 0 Å². The van der Waals surface area contributed by atoms with Crippen molar-refractivity contribution in [1.29, 1.82) is 0 Å². The van der Waals surface area contributed by atoms with Crippen molar-refractivity contribution in [2.45, 2.75) is 12.6 Å². The Morgan fingerprint density at radius 1 is 1.15 bits per heavy atom. The molecule has 104 valence electrons. The van der Waals surface area contributed by atoms with Crippen molar-refractivity contribution >= 4 is 5.91 Å². The fourth-order valence-electron chi connectivity index (χ4n) is 2.11. The van der Waals surface area contributed by atoms with Crippen LogP contribution in [0.5, 0.6) is 0 Å². The molecule has 1 atom stereocenters. The first-order valence-electron chi connectivity index (χ1n) is 6.56. The number of nitrogens with one attached hydrogen (secondary N) is 1. The molecule has 2 rings (SSSR count). The van der Waals surface area contributed by atoms with Crippen LogP contribution in [0.4, 0.5) is 0 Å². The van der Waals surface area contributed by atoms with Crippen LogP contribution >= 0.6 is 0 Å². The van der Waals surface area contributed by atoms with E-state index in [2.05, 4.69) is 10.3 Å². The van der Waals surface area contributed by atoms with Crippen molar-refractivity contribution in [2.24, 2.45) is 0 Å². The lowest BCUT2D eigenvalue weighted by Gasteiger charge is -2.23. The van der Waals surface area contributed by atoms with E-state index in [1.807, 2.05) is 61.5 Å². The summed E-state index contributed by atoms with van der Waals surface area (Å²) in [4.78, 5) is 18.3. The molecule has 0 spiro atoms. The Hall–Kier alpha value is -2.20. The summed E-state index contributed by atoms with van der Waals surface area (Å²) < 4.78 is 0. The summed E-state index contributed by atoms with van der Waals surface area (Å²) in [7, 11) is 3.81. The van der Waals surface area contributed by atoms with Crippen LogP contribution in [0, 0.1) is 0 Å². The quantitative estimate of drug-likeness (QED) is 0.903. The first-order chi connectivity index (χ1) is 9.68. The Balaban J connectivity index is 2.05. The number of hydrogen-bond acceptors (Lipinski definition) is 3. The molecule has 1 amide bonds. The normalized spacial score (nSPS) is 12.2. The van der Waals surface area contributed by atoms with Gasteiger partial charge in [-0.15, -0.1) is 0 Å². The minimum Gasteiger partial charge on any atom is -0.350 e. The lowest BCUT2D eigenvalue weighted by molar-refractivity contribution is -0.125. The van der Waals surface area contributed by atoms with Gasteiger partial charge in [0.25, 0.3) is 0 Å². The maximum absolute atomic E-state index is 12.4. The molecule has 1 aromatic heterocycles. The van der Waals surface area contributed by atoms with Crippen LogP contribution in [0.3, 0.4) is 0 Å². The SMILES string of the molecule is CN(C)C(C(=O)NCc1ccncc1)c1ccccc1. The van der Waals surface area contributed by atoms with Crippen molar-refractivity contribution in [3.8, 4) is 0 Å². The highest BCUT2D eigenvalue weighted by Crippen LogP contribution is 2.18. The molecule has 0 fully saturated rings. The molecule has 0 aliphatic rings. The lowest BCUT2D eigenvalue weighted by atomic mass is 10.1. The third-order valence-electron chi connectivity index (χ3n) is 3.10. The van der Waals surface area contributed by atoms with E-state index in [9.17, 15) is 4.79 Å². The summed E-state index contributed by atoms with van der Waals surface area (Å²) >= 11 is 0. The van der Waals surface area contributed by atoms with E-state index >= 15 is 0 Å². The molecular formula is C16H19N3O. The van der Waals surface area contributed by atoms with Gasteiger partial charge >= 0.3 is 0 Å². The van der Waals surface area contributed by atoms with Crippen molar-refractivity contribution in [2.75, 3.05) is 14.1 Å². The molecule has 1 N–H and O–H groups in total. The fourth-order valence-corrected chi connectivity index (χ4v) is 2.11. The highest BCUT2D eigenvalue weighted by Gasteiger charge is 2.22. The molecule has 0 saturated carbocycles. The molecule has 1 aromatic carbocycles. The van der Waals surface area contributed by atoms with Gasteiger partial charge in [-0.2, -0.15) is 0 Å². The van der Waals surface area contributed by atoms with Gasteiger partial charge in [0.15, 0.2) is 0 Å². The Kier molecular flexibility index (Phi) is 4.85. The van der Waals surface area contributed by atoms with Crippen LogP contribution in [0.1, 0.15) is 17.2 Å². The third kappa shape index (κ3) is 3.65. The van der Waals surface area contributed by atoms with Gasteiger partial charge in [0.1, 0.15) is 6.04 Å². The van der Waals surface area contributed by atoms with Crippen molar-refractivity contribution in [1.82, 2.24) is 15.2 Å². The van der Waals surface area contributed by atoms with Crippen LogP contribution in [-0.2, 0) is 11.3 Å². The second-order valence-corrected chi connectivity index (χ2v) is 4.85. The second-order valence-electron chi connectivity index (χ2n) is 4.85. The Bertz CT molecular complexity index is 540. The maximum atomic E-state index is 12.4. The summed E-state index contributed by atoms with van der Waals surface area (Å²) in [6.45, 7) is 0.512. The smallest absolute Gasteiger partial charge is 0.242 e. The van der Waals surface area contributed by atoms with Crippen LogP contribution in [-0.4, -0.2) is 29.9 Å². The zero-order valence-corrected chi connectivity index (χ0v) is 11.8. The second kappa shape index (κ2) is 6.82. The molecular weight excluding hydrogens is 250 g/mol. The van der Waals surface area contributed by atoms with E-state index in [0.717, 1.165) is 11.1 Å². The molecule has 0 aliphatic carbocycles. The van der Waals surface area contributed by atoms with Gasteiger partial charge < -0.3 is 5.32 Å². The summed E-state index contributed by atoms with van der Waals surface area (Å²) in [5, 5.41) is 2.97. The number of amides is 1. The topological polar surface area (TPSA) is 45.2 Å². The predicted molar refractivity (Wildman–Crippen MR) is 79.0 cm³/mol. The molecule has 0 bridgehead atoms. The molecule has 4 nitrogen and oxygen atoms in total. The summed E-state index contributed by atoms with van der Waals surface area (Å²) in [6, 6.07) is 13.3. The van der Waals surface area contributed by atoms with Gasteiger partial charge in [0.05, 0.1) is 0 Å². The van der Waals surface area contributed by atoms with Gasteiger partial charge in [-0.3, -0.25) is 14.7 Å². The number of likely N-dealkylation sites (N-methyl/N-ethyl adjacent to an activating group) is 1. The van der Waals surface area contributed by atoms with Crippen molar-refractivity contribution in [3.05, 3.63) is 66.0 Å². The van der Waals surface area contributed by atoms with Gasteiger partial charge in [0, 0.05) is 18.9 Å². The number of aromatic nitrogens is 1. The molecule has 0 aliphatic heterocycles. The van der Waals surface area contributed by atoms with Crippen LogP contribution < -0.4 is 5.32 Å². The number of hydrogen-bond donors (Lipinski definition) is 1. The minimum absolute atomic E-state index is 0.00184. The highest BCUT2D eigenvalue weighted by atomic mass is 16.2. The number of carbonyl (C=O) groups excluding carboxylic acids is 1. The zero-order valence-electron chi connectivity index (χ0n) is 11.8. The number of pyridine rings is 1.